The van der Waals surface area contributed by atoms with Crippen molar-refractivity contribution in [1.82, 2.24) is 10.2 Å². The van der Waals surface area contributed by atoms with Gasteiger partial charge in [0.1, 0.15) is 0 Å². The largest absolute Gasteiger partial charge is 0.432 e. The molecular formula is C12H11Cl2F2N3O. The number of hydrogen-bond donors (Lipinski definition) is 2. The van der Waals surface area contributed by atoms with Gasteiger partial charge in [-0.05, 0) is 25.1 Å². The van der Waals surface area contributed by atoms with Crippen LogP contribution < -0.4 is 10.1 Å². The number of nitrogens with zero attached hydrogens (tertiary/aromatic N) is 1. The molecule has 1 aromatic carbocycles. The number of nitrogens with one attached hydrogen (secondary N) is 2. The second-order valence-electron chi connectivity index (χ2n) is 4.03. The summed E-state index contributed by atoms with van der Waals surface area (Å²) in [4.78, 5) is 0. The zero-order valence-corrected chi connectivity index (χ0v) is 11.8. The predicted octanol–water partition coefficient (Wildman–Crippen LogP) is 4.49. The SMILES string of the molecule is CC(Nc1cc(Cl)c(OC(F)F)c(Cl)c1)c1ccn[nH]1. The van der Waals surface area contributed by atoms with Crippen LogP contribution in [0.25, 0.3) is 0 Å². The highest BCUT2D eigenvalue weighted by Crippen LogP contribution is 2.37. The number of halogens is 4. The van der Waals surface area contributed by atoms with E-state index in [0.717, 1.165) is 5.69 Å². The second-order valence-corrected chi connectivity index (χ2v) is 4.84. The fourth-order valence-electron chi connectivity index (χ4n) is 1.68. The average Bonchev–Trinajstić information content (AvgIpc) is 2.87. The topological polar surface area (TPSA) is 49.9 Å². The zero-order valence-electron chi connectivity index (χ0n) is 10.3. The van der Waals surface area contributed by atoms with Crippen molar-refractivity contribution in [2.45, 2.75) is 19.6 Å². The Hall–Kier alpha value is -1.53. The van der Waals surface area contributed by atoms with Crippen molar-refractivity contribution < 1.29 is 13.5 Å². The first-order valence-corrected chi connectivity index (χ1v) is 6.42. The molecule has 1 aromatic heterocycles. The summed E-state index contributed by atoms with van der Waals surface area (Å²) < 4.78 is 28.7. The van der Waals surface area contributed by atoms with Crippen LogP contribution in [0.1, 0.15) is 18.7 Å². The highest BCUT2D eigenvalue weighted by molar-refractivity contribution is 6.37. The van der Waals surface area contributed by atoms with Gasteiger partial charge in [0.2, 0.25) is 0 Å². The number of aromatic nitrogens is 2. The van der Waals surface area contributed by atoms with Gasteiger partial charge >= 0.3 is 6.61 Å². The van der Waals surface area contributed by atoms with Gasteiger partial charge in [-0.15, -0.1) is 0 Å². The third-order valence-corrected chi connectivity index (χ3v) is 3.14. The van der Waals surface area contributed by atoms with Crippen molar-refractivity contribution in [3.05, 3.63) is 40.1 Å². The number of H-pyrrole nitrogens is 1. The van der Waals surface area contributed by atoms with E-state index in [1.54, 1.807) is 6.20 Å². The van der Waals surface area contributed by atoms with Crippen LogP contribution in [0.5, 0.6) is 5.75 Å². The van der Waals surface area contributed by atoms with Crippen LogP contribution in [0.3, 0.4) is 0 Å². The molecule has 108 valence electrons. The molecule has 0 saturated heterocycles. The average molecular weight is 322 g/mol. The third kappa shape index (κ3) is 3.52. The lowest BCUT2D eigenvalue weighted by Crippen LogP contribution is -2.08. The van der Waals surface area contributed by atoms with Gasteiger partial charge in [-0.1, -0.05) is 23.2 Å². The first kappa shape index (κ1) is 14.9. The molecule has 1 heterocycles. The van der Waals surface area contributed by atoms with E-state index in [4.69, 9.17) is 23.2 Å². The number of anilines is 1. The van der Waals surface area contributed by atoms with Gasteiger partial charge in [-0.25, -0.2) is 0 Å². The van der Waals surface area contributed by atoms with E-state index in [-0.39, 0.29) is 21.8 Å². The summed E-state index contributed by atoms with van der Waals surface area (Å²) in [5, 5.41) is 9.81. The van der Waals surface area contributed by atoms with Crippen molar-refractivity contribution in [2.75, 3.05) is 5.32 Å². The molecule has 0 fully saturated rings. The molecule has 0 bridgehead atoms. The van der Waals surface area contributed by atoms with Crippen LogP contribution in [0.4, 0.5) is 14.5 Å². The van der Waals surface area contributed by atoms with Crippen LogP contribution >= 0.6 is 23.2 Å². The van der Waals surface area contributed by atoms with E-state index < -0.39 is 6.61 Å². The van der Waals surface area contributed by atoms with Gasteiger partial charge in [0.05, 0.1) is 21.8 Å². The minimum absolute atomic E-state index is 0.0112. The lowest BCUT2D eigenvalue weighted by Gasteiger charge is -2.16. The van der Waals surface area contributed by atoms with E-state index in [2.05, 4.69) is 20.3 Å². The summed E-state index contributed by atoms with van der Waals surface area (Å²) in [7, 11) is 0. The monoisotopic (exact) mass is 321 g/mol. The first-order chi connectivity index (χ1) is 9.47. The second kappa shape index (κ2) is 6.28. The maximum Gasteiger partial charge on any atom is 0.387 e. The fourth-order valence-corrected chi connectivity index (χ4v) is 2.26. The Morgan fingerprint density at radius 3 is 2.45 bits per heavy atom. The van der Waals surface area contributed by atoms with Crippen molar-refractivity contribution in [3.8, 4) is 5.75 Å². The number of rotatable bonds is 5. The predicted molar refractivity (Wildman–Crippen MR) is 73.7 cm³/mol. The highest BCUT2D eigenvalue weighted by Gasteiger charge is 2.15. The molecule has 1 unspecified atom stereocenters. The Kier molecular flexibility index (Phi) is 4.67. The van der Waals surface area contributed by atoms with Crippen molar-refractivity contribution >= 4 is 28.9 Å². The molecule has 0 spiro atoms. The van der Waals surface area contributed by atoms with Gasteiger partial charge in [-0.3, -0.25) is 5.10 Å². The Morgan fingerprint density at radius 2 is 1.95 bits per heavy atom. The smallest absolute Gasteiger partial charge is 0.387 e. The lowest BCUT2D eigenvalue weighted by atomic mass is 10.2. The summed E-state index contributed by atoms with van der Waals surface area (Å²) in [5.41, 5.74) is 1.45. The Bertz CT molecular complexity index is 555. The van der Waals surface area contributed by atoms with Crippen molar-refractivity contribution in [3.63, 3.8) is 0 Å². The standard InChI is InChI=1S/C12H11Cl2F2N3O/c1-6(10-2-3-17-19-10)18-7-4-8(13)11(9(14)5-7)20-12(15)16/h2-6,12,18H,1H3,(H,17,19). The van der Waals surface area contributed by atoms with E-state index in [0.29, 0.717) is 5.69 Å². The molecule has 2 N–H and O–H groups in total. The van der Waals surface area contributed by atoms with Gasteiger partial charge in [0, 0.05) is 11.9 Å². The summed E-state index contributed by atoms with van der Waals surface area (Å²) in [5.74, 6) is -0.233. The fraction of sp³-hybridized carbons (Fsp3) is 0.250. The molecule has 0 aliphatic rings. The zero-order chi connectivity index (χ0) is 14.7. The van der Waals surface area contributed by atoms with Crippen molar-refractivity contribution in [1.29, 1.82) is 0 Å². The Balaban J connectivity index is 2.18. The van der Waals surface area contributed by atoms with E-state index >= 15 is 0 Å². The van der Waals surface area contributed by atoms with E-state index in [1.165, 1.54) is 12.1 Å². The van der Waals surface area contributed by atoms with Gasteiger partial charge in [-0.2, -0.15) is 13.9 Å². The molecule has 8 heteroatoms. The quantitative estimate of drug-likeness (QED) is 0.853. The molecule has 0 aliphatic heterocycles. The molecule has 0 radical (unpaired) electrons. The first-order valence-electron chi connectivity index (χ1n) is 5.67. The van der Waals surface area contributed by atoms with Crippen molar-refractivity contribution in [2.24, 2.45) is 0 Å². The minimum atomic E-state index is -2.98. The summed E-state index contributed by atoms with van der Waals surface area (Å²) in [6.45, 7) is -1.08. The number of ether oxygens (including phenoxy) is 1. The molecule has 0 amide bonds. The number of benzene rings is 1. The van der Waals surface area contributed by atoms with Crippen LogP contribution in [0.2, 0.25) is 10.0 Å². The Labute approximate surface area is 124 Å². The van der Waals surface area contributed by atoms with Gasteiger partial charge in [0.15, 0.2) is 5.75 Å². The van der Waals surface area contributed by atoms with Crippen LogP contribution in [-0.2, 0) is 0 Å². The molecular weight excluding hydrogens is 311 g/mol. The van der Waals surface area contributed by atoms with Crippen LogP contribution in [0, 0.1) is 0 Å². The Morgan fingerprint density at radius 1 is 1.30 bits per heavy atom. The lowest BCUT2D eigenvalue weighted by molar-refractivity contribution is -0.0497. The maximum atomic E-state index is 12.2. The molecule has 20 heavy (non-hydrogen) atoms. The molecule has 0 aliphatic carbocycles. The molecule has 2 rings (SSSR count). The normalized spacial score (nSPS) is 12.5. The van der Waals surface area contributed by atoms with Crippen LogP contribution in [-0.4, -0.2) is 16.8 Å². The molecule has 4 nitrogen and oxygen atoms in total. The maximum absolute atomic E-state index is 12.2. The number of aromatic amines is 1. The minimum Gasteiger partial charge on any atom is -0.432 e. The number of hydrogen-bond acceptors (Lipinski definition) is 3. The summed E-state index contributed by atoms with van der Waals surface area (Å²) in [6, 6.07) is 4.68. The molecule has 1 atom stereocenters. The summed E-state index contributed by atoms with van der Waals surface area (Å²) in [6.07, 6.45) is 1.63. The van der Waals surface area contributed by atoms with E-state index in [1.807, 2.05) is 13.0 Å². The number of alkyl halides is 2. The highest BCUT2D eigenvalue weighted by atomic mass is 35.5. The van der Waals surface area contributed by atoms with Crippen LogP contribution in [0.15, 0.2) is 24.4 Å². The van der Waals surface area contributed by atoms with Gasteiger partial charge < -0.3 is 10.1 Å². The molecule has 2 aromatic rings. The third-order valence-electron chi connectivity index (χ3n) is 2.58. The van der Waals surface area contributed by atoms with E-state index in [9.17, 15) is 8.78 Å². The van der Waals surface area contributed by atoms with Gasteiger partial charge in [0.25, 0.3) is 0 Å². The summed E-state index contributed by atoms with van der Waals surface area (Å²) >= 11 is 11.8. The molecule has 0 saturated carbocycles.